The minimum Gasteiger partial charge on any atom is -0.482 e. The third kappa shape index (κ3) is 3.09. The maximum absolute atomic E-state index is 11.3. The Morgan fingerprint density at radius 2 is 2.05 bits per heavy atom. The fourth-order valence-corrected chi connectivity index (χ4v) is 3.13. The molecule has 3 rings (SSSR count). The lowest BCUT2D eigenvalue weighted by atomic mass is 9.85. The van der Waals surface area contributed by atoms with Crippen LogP contribution in [0.25, 0.3) is 0 Å². The first-order valence-electron chi connectivity index (χ1n) is 7.37. The van der Waals surface area contributed by atoms with E-state index in [1.54, 1.807) is 0 Å². The van der Waals surface area contributed by atoms with Gasteiger partial charge < -0.3 is 10.1 Å². The highest BCUT2D eigenvalue weighted by molar-refractivity contribution is 5.95. The summed E-state index contributed by atoms with van der Waals surface area (Å²) in [6.07, 6.45) is 9.38. The number of carbonyl (C=O) groups is 1. The average Bonchev–Trinajstić information content (AvgIpc) is 2.46. The van der Waals surface area contributed by atoms with Crippen molar-refractivity contribution in [2.24, 2.45) is 5.92 Å². The third-order valence-corrected chi connectivity index (χ3v) is 4.24. The van der Waals surface area contributed by atoms with Crippen LogP contribution in [0.2, 0.25) is 0 Å². The van der Waals surface area contributed by atoms with Crippen molar-refractivity contribution in [1.29, 1.82) is 0 Å². The van der Waals surface area contributed by atoms with Crippen molar-refractivity contribution in [2.45, 2.75) is 44.9 Å². The van der Waals surface area contributed by atoms with E-state index in [1.165, 1.54) is 44.1 Å². The minimum absolute atomic E-state index is 0.0584. The Bertz CT molecular complexity index is 464. The number of nitrogens with one attached hydrogen (secondary N) is 1. The normalized spacial score (nSPS) is 19.5. The van der Waals surface area contributed by atoms with E-state index in [1.807, 2.05) is 6.07 Å². The molecule has 1 aliphatic carbocycles. The molecule has 2 aliphatic rings. The highest BCUT2D eigenvalue weighted by Gasteiger charge is 2.17. The number of amides is 1. The number of hydrogen-bond donors (Lipinski definition) is 1. The van der Waals surface area contributed by atoms with Gasteiger partial charge in [0.2, 0.25) is 0 Å². The van der Waals surface area contributed by atoms with Gasteiger partial charge in [0, 0.05) is 0 Å². The molecule has 1 saturated carbocycles. The van der Waals surface area contributed by atoms with Crippen molar-refractivity contribution in [3.8, 4) is 5.75 Å². The molecule has 0 atom stereocenters. The fourth-order valence-electron chi connectivity index (χ4n) is 3.13. The molecule has 3 heteroatoms. The summed E-state index contributed by atoms with van der Waals surface area (Å²) in [5, 5.41) is 2.87. The predicted octanol–water partition coefficient (Wildman–Crippen LogP) is 3.53. The van der Waals surface area contributed by atoms with Crippen molar-refractivity contribution in [3.05, 3.63) is 23.8 Å². The van der Waals surface area contributed by atoms with Crippen LogP contribution in [-0.4, -0.2) is 12.5 Å². The molecule has 1 heterocycles. The van der Waals surface area contributed by atoms with Crippen LogP contribution in [0.4, 0.5) is 5.69 Å². The lowest BCUT2D eigenvalue weighted by molar-refractivity contribution is -0.118. The summed E-state index contributed by atoms with van der Waals surface area (Å²) in [7, 11) is 0. The molecule has 0 unspecified atom stereocenters. The molecule has 3 nitrogen and oxygen atoms in total. The van der Waals surface area contributed by atoms with Gasteiger partial charge in [-0.05, 0) is 36.5 Å². The number of ether oxygens (including phenoxy) is 1. The van der Waals surface area contributed by atoms with Crippen LogP contribution >= 0.6 is 0 Å². The minimum atomic E-state index is -0.0584. The summed E-state index contributed by atoms with van der Waals surface area (Å²) in [4.78, 5) is 11.3. The van der Waals surface area contributed by atoms with Crippen LogP contribution < -0.4 is 10.1 Å². The zero-order chi connectivity index (χ0) is 13.1. The van der Waals surface area contributed by atoms with Crippen LogP contribution in [0.3, 0.4) is 0 Å². The first-order valence-corrected chi connectivity index (χ1v) is 7.37. The molecule has 1 amide bonds. The van der Waals surface area contributed by atoms with Crippen molar-refractivity contribution in [3.63, 3.8) is 0 Å². The number of aryl methyl sites for hydroxylation is 1. The van der Waals surface area contributed by atoms with E-state index in [0.717, 1.165) is 23.8 Å². The largest absolute Gasteiger partial charge is 0.482 e. The summed E-state index contributed by atoms with van der Waals surface area (Å²) >= 11 is 0. The first kappa shape index (κ1) is 12.5. The summed E-state index contributed by atoms with van der Waals surface area (Å²) in [6.45, 7) is 0.133. The molecule has 1 fully saturated rings. The van der Waals surface area contributed by atoms with Gasteiger partial charge in [-0.15, -0.1) is 0 Å². The number of carbonyl (C=O) groups excluding carboxylic acids is 1. The number of anilines is 1. The maximum Gasteiger partial charge on any atom is 0.262 e. The topological polar surface area (TPSA) is 38.3 Å². The van der Waals surface area contributed by atoms with Crippen LogP contribution in [-0.2, 0) is 11.2 Å². The van der Waals surface area contributed by atoms with Crippen LogP contribution in [0.5, 0.6) is 5.75 Å². The zero-order valence-corrected chi connectivity index (χ0v) is 11.3. The zero-order valence-electron chi connectivity index (χ0n) is 11.3. The molecule has 1 aromatic carbocycles. The summed E-state index contributed by atoms with van der Waals surface area (Å²) in [5.41, 5.74) is 2.13. The molecular weight excluding hydrogens is 238 g/mol. The number of benzene rings is 1. The van der Waals surface area contributed by atoms with Gasteiger partial charge in [-0.3, -0.25) is 4.79 Å². The van der Waals surface area contributed by atoms with Crippen molar-refractivity contribution >= 4 is 11.6 Å². The summed E-state index contributed by atoms with van der Waals surface area (Å²) < 4.78 is 5.37. The van der Waals surface area contributed by atoms with Crippen LogP contribution in [0.15, 0.2) is 18.2 Å². The molecule has 0 saturated heterocycles. The molecule has 1 aromatic rings. The monoisotopic (exact) mass is 259 g/mol. The predicted molar refractivity (Wildman–Crippen MR) is 75.5 cm³/mol. The molecule has 1 aliphatic heterocycles. The van der Waals surface area contributed by atoms with E-state index >= 15 is 0 Å². The number of fused-ring (bicyclic) bond motifs is 1. The second kappa shape index (κ2) is 5.64. The van der Waals surface area contributed by atoms with E-state index in [2.05, 4.69) is 17.4 Å². The fraction of sp³-hybridized carbons (Fsp3) is 0.562. The Kier molecular flexibility index (Phi) is 3.72. The first-order chi connectivity index (χ1) is 9.31. The molecule has 0 bridgehead atoms. The van der Waals surface area contributed by atoms with Crippen molar-refractivity contribution < 1.29 is 9.53 Å². The molecular formula is C16H21NO2. The highest BCUT2D eigenvalue weighted by atomic mass is 16.5. The van der Waals surface area contributed by atoms with Gasteiger partial charge in [-0.25, -0.2) is 0 Å². The van der Waals surface area contributed by atoms with E-state index in [4.69, 9.17) is 4.74 Å². The smallest absolute Gasteiger partial charge is 0.262 e. The number of hydrogen-bond acceptors (Lipinski definition) is 2. The van der Waals surface area contributed by atoms with Gasteiger partial charge in [-0.1, -0.05) is 38.2 Å². The highest BCUT2D eigenvalue weighted by Crippen LogP contribution is 2.31. The average molecular weight is 259 g/mol. The molecule has 102 valence electrons. The molecule has 19 heavy (non-hydrogen) atoms. The van der Waals surface area contributed by atoms with E-state index in [-0.39, 0.29) is 12.5 Å². The molecule has 1 N–H and O–H groups in total. The molecule has 0 radical (unpaired) electrons. The van der Waals surface area contributed by atoms with Crippen LogP contribution in [0, 0.1) is 5.92 Å². The second-order valence-corrected chi connectivity index (χ2v) is 5.71. The SMILES string of the molecule is O=C1COc2ccc(CCC3CCCCC3)cc2N1. The molecule has 0 spiro atoms. The van der Waals surface area contributed by atoms with Gasteiger partial charge >= 0.3 is 0 Å². The lowest BCUT2D eigenvalue weighted by Crippen LogP contribution is -2.25. The van der Waals surface area contributed by atoms with Gasteiger partial charge in [0.1, 0.15) is 5.75 Å². The number of rotatable bonds is 3. The summed E-state index contributed by atoms with van der Waals surface area (Å²) in [6, 6.07) is 6.17. The Morgan fingerprint density at radius 3 is 2.89 bits per heavy atom. The Hall–Kier alpha value is -1.51. The van der Waals surface area contributed by atoms with E-state index < -0.39 is 0 Å². The summed E-state index contributed by atoms with van der Waals surface area (Å²) in [5.74, 6) is 1.63. The van der Waals surface area contributed by atoms with Gasteiger partial charge in [0.25, 0.3) is 5.91 Å². The van der Waals surface area contributed by atoms with Crippen molar-refractivity contribution in [2.75, 3.05) is 11.9 Å². The standard InChI is InChI=1S/C16H21NO2/c18-16-11-19-15-9-8-13(10-14(15)17-16)7-6-12-4-2-1-3-5-12/h8-10,12H,1-7,11H2,(H,17,18). The van der Waals surface area contributed by atoms with Crippen LogP contribution in [0.1, 0.15) is 44.1 Å². The Labute approximate surface area is 114 Å². The Morgan fingerprint density at radius 1 is 1.21 bits per heavy atom. The van der Waals surface area contributed by atoms with Gasteiger partial charge in [-0.2, -0.15) is 0 Å². The maximum atomic E-state index is 11.3. The van der Waals surface area contributed by atoms with E-state index in [0.29, 0.717) is 0 Å². The van der Waals surface area contributed by atoms with Crippen molar-refractivity contribution in [1.82, 2.24) is 0 Å². The second-order valence-electron chi connectivity index (χ2n) is 5.71. The Balaban J connectivity index is 1.61. The van der Waals surface area contributed by atoms with Gasteiger partial charge in [0.05, 0.1) is 5.69 Å². The third-order valence-electron chi connectivity index (χ3n) is 4.24. The quantitative estimate of drug-likeness (QED) is 0.901. The molecule has 0 aromatic heterocycles. The van der Waals surface area contributed by atoms with E-state index in [9.17, 15) is 4.79 Å². The lowest BCUT2D eigenvalue weighted by Gasteiger charge is -2.22. The van der Waals surface area contributed by atoms with Gasteiger partial charge in [0.15, 0.2) is 6.61 Å².